The Morgan fingerprint density at radius 1 is 1.50 bits per heavy atom. The lowest BCUT2D eigenvalue weighted by Gasteiger charge is -2.39. The maximum Gasteiger partial charge on any atom is 0.325 e. The Hall–Kier alpha value is -0.610. The van der Waals surface area contributed by atoms with Crippen molar-refractivity contribution in [3.63, 3.8) is 0 Å². The fourth-order valence-electron chi connectivity index (χ4n) is 3.51. The van der Waals surface area contributed by atoms with Gasteiger partial charge in [0.25, 0.3) is 0 Å². The molecule has 1 saturated heterocycles. The zero-order chi connectivity index (χ0) is 13.2. The van der Waals surface area contributed by atoms with Crippen molar-refractivity contribution in [1.82, 2.24) is 4.90 Å². The van der Waals surface area contributed by atoms with Gasteiger partial charge in [-0.15, -0.1) is 0 Å². The number of carbonyl (C=O) groups excluding carboxylic acids is 1. The van der Waals surface area contributed by atoms with Crippen LogP contribution in [0.5, 0.6) is 0 Å². The second-order valence-electron chi connectivity index (χ2n) is 5.96. The lowest BCUT2D eigenvalue weighted by Crippen LogP contribution is -2.55. The third-order valence-corrected chi connectivity index (χ3v) is 4.76. The van der Waals surface area contributed by atoms with Crippen LogP contribution in [0.25, 0.3) is 0 Å². The molecular formula is C14H26N2O2. The third-order valence-electron chi connectivity index (χ3n) is 4.76. The molecule has 1 aliphatic heterocycles. The number of esters is 1. The molecule has 0 aromatic carbocycles. The number of likely N-dealkylation sites (tertiary alicyclic amines) is 1. The maximum atomic E-state index is 11.8. The highest BCUT2D eigenvalue weighted by atomic mass is 16.5. The summed E-state index contributed by atoms with van der Waals surface area (Å²) in [5.74, 6) is 0.593. The molecule has 1 saturated carbocycles. The van der Waals surface area contributed by atoms with Gasteiger partial charge in [-0.1, -0.05) is 13.3 Å². The lowest BCUT2D eigenvalue weighted by molar-refractivity contribution is -0.149. The van der Waals surface area contributed by atoms with Crippen LogP contribution in [-0.4, -0.2) is 42.6 Å². The van der Waals surface area contributed by atoms with Crippen LogP contribution >= 0.6 is 0 Å². The van der Waals surface area contributed by atoms with Crippen molar-refractivity contribution >= 4 is 5.97 Å². The Kier molecular flexibility index (Phi) is 4.28. The SMILES string of the molecule is CCC1CCN(C2CCCC(N)(C(=O)OC)C2)C1. The number of carbonyl (C=O) groups is 1. The fraction of sp³-hybridized carbons (Fsp3) is 0.929. The molecule has 0 amide bonds. The molecule has 0 bridgehead atoms. The van der Waals surface area contributed by atoms with Crippen molar-refractivity contribution in [1.29, 1.82) is 0 Å². The van der Waals surface area contributed by atoms with Crippen LogP contribution in [0.3, 0.4) is 0 Å². The van der Waals surface area contributed by atoms with Crippen LogP contribution < -0.4 is 5.73 Å². The monoisotopic (exact) mass is 254 g/mol. The number of nitrogens with two attached hydrogens (primary N) is 1. The predicted molar refractivity (Wildman–Crippen MR) is 71.2 cm³/mol. The highest BCUT2D eigenvalue weighted by Crippen LogP contribution is 2.33. The minimum atomic E-state index is -0.748. The summed E-state index contributed by atoms with van der Waals surface area (Å²) in [5, 5.41) is 0. The molecule has 0 spiro atoms. The number of hydrogen-bond acceptors (Lipinski definition) is 4. The van der Waals surface area contributed by atoms with Crippen LogP contribution in [0.2, 0.25) is 0 Å². The fourth-order valence-corrected chi connectivity index (χ4v) is 3.51. The number of rotatable bonds is 3. The Bertz CT molecular complexity index is 308. The van der Waals surface area contributed by atoms with Crippen molar-refractivity contribution in [2.24, 2.45) is 11.7 Å². The van der Waals surface area contributed by atoms with Gasteiger partial charge >= 0.3 is 5.97 Å². The second kappa shape index (κ2) is 5.57. The van der Waals surface area contributed by atoms with E-state index in [1.54, 1.807) is 0 Å². The molecule has 2 N–H and O–H groups in total. The number of hydrogen-bond donors (Lipinski definition) is 1. The normalized spacial score (nSPS) is 37.7. The Morgan fingerprint density at radius 2 is 2.28 bits per heavy atom. The summed E-state index contributed by atoms with van der Waals surface area (Å²) in [6, 6.07) is 0.472. The summed E-state index contributed by atoms with van der Waals surface area (Å²) < 4.78 is 4.86. The van der Waals surface area contributed by atoms with E-state index >= 15 is 0 Å². The molecule has 2 fully saturated rings. The van der Waals surface area contributed by atoms with E-state index in [1.165, 1.54) is 39.5 Å². The summed E-state index contributed by atoms with van der Waals surface area (Å²) in [6.45, 7) is 4.61. The molecule has 104 valence electrons. The molecule has 1 heterocycles. The van der Waals surface area contributed by atoms with E-state index in [0.717, 1.165) is 25.2 Å². The largest absolute Gasteiger partial charge is 0.468 e. The molecule has 2 aliphatic rings. The van der Waals surface area contributed by atoms with Crippen LogP contribution in [-0.2, 0) is 9.53 Å². The topological polar surface area (TPSA) is 55.6 Å². The van der Waals surface area contributed by atoms with Gasteiger partial charge in [0, 0.05) is 12.6 Å². The molecule has 0 radical (unpaired) electrons. The smallest absolute Gasteiger partial charge is 0.325 e. The van der Waals surface area contributed by atoms with E-state index in [9.17, 15) is 4.79 Å². The molecule has 3 atom stereocenters. The quantitative estimate of drug-likeness (QED) is 0.776. The van der Waals surface area contributed by atoms with Crippen molar-refractivity contribution in [3.8, 4) is 0 Å². The molecule has 1 aliphatic carbocycles. The number of methoxy groups -OCH3 is 1. The van der Waals surface area contributed by atoms with E-state index in [2.05, 4.69) is 11.8 Å². The van der Waals surface area contributed by atoms with Gasteiger partial charge in [0.2, 0.25) is 0 Å². The molecule has 4 heteroatoms. The first-order valence-corrected chi connectivity index (χ1v) is 7.20. The van der Waals surface area contributed by atoms with E-state index < -0.39 is 5.54 Å². The summed E-state index contributed by atoms with van der Waals surface area (Å²) in [5.41, 5.74) is 5.49. The summed E-state index contributed by atoms with van der Waals surface area (Å²) in [7, 11) is 1.43. The van der Waals surface area contributed by atoms with Gasteiger partial charge in [0.15, 0.2) is 0 Å². The summed E-state index contributed by atoms with van der Waals surface area (Å²) in [4.78, 5) is 14.3. The average Bonchev–Trinajstić information content (AvgIpc) is 2.86. The van der Waals surface area contributed by atoms with Gasteiger partial charge in [-0.25, -0.2) is 0 Å². The van der Waals surface area contributed by atoms with Crippen molar-refractivity contribution in [2.75, 3.05) is 20.2 Å². The van der Waals surface area contributed by atoms with E-state index in [-0.39, 0.29) is 5.97 Å². The molecule has 18 heavy (non-hydrogen) atoms. The summed E-state index contributed by atoms with van der Waals surface area (Å²) >= 11 is 0. The van der Waals surface area contributed by atoms with Gasteiger partial charge in [0.05, 0.1) is 7.11 Å². The van der Waals surface area contributed by atoms with Crippen LogP contribution in [0, 0.1) is 5.92 Å². The molecule has 2 rings (SSSR count). The molecular weight excluding hydrogens is 228 g/mol. The van der Waals surface area contributed by atoms with Gasteiger partial charge in [0.1, 0.15) is 5.54 Å². The van der Waals surface area contributed by atoms with Gasteiger partial charge in [-0.2, -0.15) is 0 Å². The second-order valence-corrected chi connectivity index (χ2v) is 5.96. The molecule has 0 aromatic rings. The first kappa shape index (κ1) is 13.8. The maximum absolute atomic E-state index is 11.8. The minimum absolute atomic E-state index is 0.238. The van der Waals surface area contributed by atoms with Crippen molar-refractivity contribution in [2.45, 2.75) is 57.0 Å². The highest BCUT2D eigenvalue weighted by molar-refractivity contribution is 5.80. The van der Waals surface area contributed by atoms with Gasteiger partial charge in [-0.3, -0.25) is 4.79 Å². The zero-order valence-corrected chi connectivity index (χ0v) is 11.7. The van der Waals surface area contributed by atoms with Crippen molar-refractivity contribution in [3.05, 3.63) is 0 Å². The predicted octanol–water partition coefficient (Wildman–Crippen LogP) is 1.53. The molecule has 0 aromatic heterocycles. The van der Waals surface area contributed by atoms with Gasteiger partial charge < -0.3 is 15.4 Å². The average molecular weight is 254 g/mol. The van der Waals surface area contributed by atoms with Crippen LogP contribution in [0.1, 0.15) is 45.4 Å². The number of ether oxygens (including phenoxy) is 1. The van der Waals surface area contributed by atoms with E-state index in [0.29, 0.717) is 6.04 Å². The van der Waals surface area contributed by atoms with Crippen molar-refractivity contribution < 1.29 is 9.53 Å². The Labute approximate surface area is 110 Å². The van der Waals surface area contributed by atoms with Gasteiger partial charge in [-0.05, 0) is 44.6 Å². The summed E-state index contributed by atoms with van der Waals surface area (Å²) in [6.07, 6.45) is 6.28. The highest BCUT2D eigenvalue weighted by Gasteiger charge is 2.42. The standard InChI is InChI=1S/C14H26N2O2/c1-3-11-6-8-16(10-11)12-5-4-7-14(15,9-12)13(17)18-2/h11-12H,3-10,15H2,1-2H3. The van der Waals surface area contributed by atoms with E-state index in [4.69, 9.17) is 10.5 Å². The van der Waals surface area contributed by atoms with E-state index in [1.807, 2.05) is 0 Å². The first-order valence-electron chi connectivity index (χ1n) is 7.20. The minimum Gasteiger partial charge on any atom is -0.468 e. The Morgan fingerprint density at radius 3 is 2.89 bits per heavy atom. The lowest BCUT2D eigenvalue weighted by atomic mass is 9.79. The zero-order valence-electron chi connectivity index (χ0n) is 11.7. The molecule has 4 nitrogen and oxygen atoms in total. The van der Waals surface area contributed by atoms with Crippen LogP contribution in [0.15, 0.2) is 0 Å². The molecule has 3 unspecified atom stereocenters. The third kappa shape index (κ3) is 2.69. The Balaban J connectivity index is 1.97. The number of nitrogens with zero attached hydrogens (tertiary/aromatic N) is 1. The first-order chi connectivity index (χ1) is 8.59. The van der Waals surface area contributed by atoms with Crippen LogP contribution in [0.4, 0.5) is 0 Å².